The van der Waals surface area contributed by atoms with Crippen LogP contribution in [0, 0.1) is 0 Å². The fourth-order valence-corrected chi connectivity index (χ4v) is 2.52. The second-order valence-corrected chi connectivity index (χ2v) is 6.99. The predicted molar refractivity (Wildman–Crippen MR) is 107 cm³/mol. The summed E-state index contributed by atoms with van der Waals surface area (Å²) in [5.74, 6) is -0.0719. The van der Waals surface area contributed by atoms with Gasteiger partial charge in [-0.15, -0.1) is 0 Å². The lowest BCUT2D eigenvalue weighted by atomic mass is 9.87. The molecule has 0 spiro atoms. The van der Waals surface area contributed by atoms with Crippen LogP contribution in [0.4, 0.5) is 5.69 Å². The minimum absolute atomic E-state index is 0. The Labute approximate surface area is 152 Å². The van der Waals surface area contributed by atoms with Crippen molar-refractivity contribution >= 4 is 25.1 Å². The lowest BCUT2D eigenvalue weighted by Gasteiger charge is -2.24. The fourth-order valence-electron chi connectivity index (χ4n) is 2.52. The molecular weight excluding hydrogens is 316 g/mol. The maximum atomic E-state index is 12.5. The zero-order chi connectivity index (χ0) is 17.0. The molecule has 24 heavy (non-hydrogen) atoms. The van der Waals surface area contributed by atoms with Crippen LogP contribution in [-0.4, -0.2) is 19.0 Å². The summed E-state index contributed by atoms with van der Waals surface area (Å²) in [6.07, 6.45) is 0.546. The fraction of sp³-hybridized carbons (Fsp3) is 0.350. The monoisotopic (exact) mass is 344 g/mol. The van der Waals surface area contributed by atoms with E-state index >= 15 is 0 Å². The molecule has 0 saturated carbocycles. The molecule has 0 aliphatic carbocycles. The molecule has 4 heteroatoms. The molecule has 2 rings (SSSR count). The number of hydrogen-bond donors (Lipinski definition) is 1. The Hall–Kier alpha value is -1.78. The van der Waals surface area contributed by atoms with Gasteiger partial charge in [-0.2, -0.15) is 13.5 Å². The van der Waals surface area contributed by atoms with Gasteiger partial charge in [0, 0.05) is 12.7 Å². The highest BCUT2D eigenvalue weighted by atomic mass is 32.1. The van der Waals surface area contributed by atoms with E-state index in [0.29, 0.717) is 6.42 Å². The Bertz CT molecular complexity index is 648. The van der Waals surface area contributed by atoms with Gasteiger partial charge in [0.2, 0.25) is 5.91 Å². The summed E-state index contributed by atoms with van der Waals surface area (Å²) in [7, 11) is 1.78. The van der Waals surface area contributed by atoms with Crippen molar-refractivity contribution in [3.8, 4) is 0 Å². The number of benzene rings is 2. The minimum atomic E-state index is -0.537. The minimum Gasteiger partial charge on any atom is -0.320 e. The van der Waals surface area contributed by atoms with Crippen molar-refractivity contribution in [1.82, 2.24) is 0 Å². The van der Waals surface area contributed by atoms with Crippen molar-refractivity contribution in [2.24, 2.45) is 5.73 Å². The van der Waals surface area contributed by atoms with Crippen molar-refractivity contribution in [3.05, 3.63) is 65.7 Å². The number of carbonyl (C=O) groups excluding carboxylic acids is 1. The molecule has 0 radical (unpaired) electrons. The van der Waals surface area contributed by atoms with Crippen LogP contribution in [0.25, 0.3) is 0 Å². The molecule has 3 nitrogen and oxygen atoms in total. The lowest BCUT2D eigenvalue weighted by Crippen LogP contribution is -2.43. The Kier molecular flexibility index (Phi) is 7.06. The highest BCUT2D eigenvalue weighted by Gasteiger charge is 2.20. The summed E-state index contributed by atoms with van der Waals surface area (Å²) < 4.78 is 0. The van der Waals surface area contributed by atoms with Gasteiger partial charge in [-0.05, 0) is 35.1 Å². The smallest absolute Gasteiger partial charge is 0.243 e. The van der Waals surface area contributed by atoms with Crippen molar-refractivity contribution in [1.29, 1.82) is 0 Å². The molecule has 0 bridgehead atoms. The van der Waals surface area contributed by atoms with Gasteiger partial charge in [0.15, 0.2) is 0 Å². The second-order valence-electron chi connectivity index (χ2n) is 6.99. The summed E-state index contributed by atoms with van der Waals surface area (Å²) in [6, 6.07) is 17.4. The van der Waals surface area contributed by atoms with E-state index in [-0.39, 0.29) is 24.8 Å². The SMILES string of the molecule is CN(C(=O)[C@@H](N)Cc1ccccc1)c1ccc(C(C)(C)C)cc1.S. The highest BCUT2D eigenvalue weighted by molar-refractivity contribution is 7.59. The van der Waals surface area contributed by atoms with Crippen molar-refractivity contribution in [2.75, 3.05) is 11.9 Å². The Balaban J connectivity index is 0.00000288. The summed E-state index contributed by atoms with van der Waals surface area (Å²) >= 11 is 0. The molecule has 0 heterocycles. The van der Waals surface area contributed by atoms with Gasteiger partial charge in [-0.25, -0.2) is 0 Å². The number of nitrogens with two attached hydrogens (primary N) is 1. The van der Waals surface area contributed by atoms with E-state index in [0.717, 1.165) is 11.3 Å². The number of nitrogens with zero attached hydrogens (tertiary/aromatic N) is 1. The number of rotatable bonds is 4. The van der Waals surface area contributed by atoms with Crippen LogP contribution in [-0.2, 0) is 16.6 Å². The van der Waals surface area contributed by atoms with Gasteiger partial charge >= 0.3 is 0 Å². The van der Waals surface area contributed by atoms with E-state index in [9.17, 15) is 4.79 Å². The third kappa shape index (κ3) is 5.11. The average Bonchev–Trinajstić information content (AvgIpc) is 2.53. The molecule has 0 saturated heterocycles. The summed E-state index contributed by atoms with van der Waals surface area (Å²) in [5, 5.41) is 0. The largest absolute Gasteiger partial charge is 0.320 e. The molecule has 2 aromatic rings. The molecule has 1 amide bonds. The molecular formula is C20H28N2OS. The van der Waals surface area contributed by atoms with Gasteiger partial charge in [0.25, 0.3) is 0 Å². The molecule has 2 N–H and O–H groups in total. The maximum Gasteiger partial charge on any atom is 0.243 e. The van der Waals surface area contributed by atoms with Crippen molar-refractivity contribution < 1.29 is 4.79 Å². The first kappa shape index (κ1) is 20.3. The quantitative estimate of drug-likeness (QED) is 0.920. The molecule has 1 atom stereocenters. The summed E-state index contributed by atoms with van der Waals surface area (Å²) in [6.45, 7) is 6.52. The van der Waals surface area contributed by atoms with Crippen LogP contribution in [0.3, 0.4) is 0 Å². The molecule has 0 aliphatic rings. The normalized spacial score (nSPS) is 12.2. The van der Waals surface area contributed by atoms with Gasteiger partial charge in [-0.1, -0.05) is 63.2 Å². The number of amides is 1. The number of anilines is 1. The number of hydrogen-bond acceptors (Lipinski definition) is 2. The van der Waals surface area contributed by atoms with Crippen molar-refractivity contribution in [3.63, 3.8) is 0 Å². The molecule has 0 fully saturated rings. The summed E-state index contributed by atoms with van der Waals surface area (Å²) in [5.41, 5.74) is 9.38. The molecule has 0 aromatic heterocycles. The van der Waals surface area contributed by atoms with Crippen LogP contribution < -0.4 is 10.6 Å². The first-order valence-electron chi connectivity index (χ1n) is 7.96. The van der Waals surface area contributed by atoms with E-state index in [1.165, 1.54) is 5.56 Å². The van der Waals surface area contributed by atoms with E-state index in [1.807, 2.05) is 42.5 Å². The van der Waals surface area contributed by atoms with Gasteiger partial charge in [0.05, 0.1) is 6.04 Å². The van der Waals surface area contributed by atoms with E-state index in [1.54, 1.807) is 11.9 Å². The van der Waals surface area contributed by atoms with Gasteiger partial charge in [-0.3, -0.25) is 4.79 Å². The third-order valence-corrected chi connectivity index (χ3v) is 4.07. The van der Waals surface area contributed by atoms with Crippen LogP contribution in [0.15, 0.2) is 54.6 Å². The topological polar surface area (TPSA) is 46.3 Å². The molecule has 2 aromatic carbocycles. The van der Waals surface area contributed by atoms with Crippen LogP contribution in [0.1, 0.15) is 31.9 Å². The standard InChI is InChI=1S/C20H26N2O.H2S/c1-20(2,3)16-10-12-17(13-11-16)22(4)19(23)18(21)14-15-8-6-5-7-9-15;/h5-13,18H,14,21H2,1-4H3;1H2/t18-;/m0./s1. The number of carbonyl (C=O) groups is 1. The first-order valence-corrected chi connectivity index (χ1v) is 7.96. The second kappa shape index (κ2) is 8.36. The predicted octanol–water partition coefficient (Wildman–Crippen LogP) is 3.63. The van der Waals surface area contributed by atoms with Crippen LogP contribution in [0.2, 0.25) is 0 Å². The lowest BCUT2D eigenvalue weighted by molar-refractivity contribution is -0.119. The third-order valence-electron chi connectivity index (χ3n) is 4.07. The van der Waals surface area contributed by atoms with Gasteiger partial charge in [0.1, 0.15) is 0 Å². The van der Waals surface area contributed by atoms with Crippen molar-refractivity contribution in [2.45, 2.75) is 38.6 Å². The molecule has 0 aliphatic heterocycles. The summed E-state index contributed by atoms with van der Waals surface area (Å²) in [4.78, 5) is 14.2. The molecule has 130 valence electrons. The van der Waals surface area contributed by atoms with Crippen LogP contribution >= 0.6 is 13.5 Å². The Morgan fingerprint density at radius 3 is 2.08 bits per heavy atom. The zero-order valence-electron chi connectivity index (χ0n) is 14.9. The zero-order valence-corrected chi connectivity index (χ0v) is 15.9. The Morgan fingerprint density at radius 1 is 1.04 bits per heavy atom. The maximum absolute atomic E-state index is 12.5. The molecule has 0 unspecified atom stereocenters. The van der Waals surface area contributed by atoms with E-state index in [2.05, 4.69) is 32.9 Å². The average molecular weight is 345 g/mol. The highest BCUT2D eigenvalue weighted by Crippen LogP contribution is 2.24. The van der Waals surface area contributed by atoms with E-state index < -0.39 is 6.04 Å². The van der Waals surface area contributed by atoms with E-state index in [4.69, 9.17) is 5.73 Å². The van der Waals surface area contributed by atoms with Gasteiger partial charge < -0.3 is 10.6 Å². The first-order chi connectivity index (χ1) is 10.8. The Morgan fingerprint density at radius 2 is 1.58 bits per heavy atom. The van der Waals surface area contributed by atoms with Crippen LogP contribution in [0.5, 0.6) is 0 Å². The number of likely N-dealkylation sites (N-methyl/N-ethyl adjacent to an activating group) is 1.